The molecular formula is C20H25N3O3. The van der Waals surface area contributed by atoms with Crippen LogP contribution in [0.2, 0.25) is 0 Å². The zero-order valence-electron chi connectivity index (χ0n) is 15.0. The van der Waals surface area contributed by atoms with E-state index in [-0.39, 0.29) is 11.8 Å². The van der Waals surface area contributed by atoms with Crippen molar-refractivity contribution in [3.05, 3.63) is 48.2 Å². The molecule has 1 saturated heterocycles. The van der Waals surface area contributed by atoms with Gasteiger partial charge in [0.25, 0.3) is 0 Å². The van der Waals surface area contributed by atoms with Crippen LogP contribution in [0.1, 0.15) is 18.4 Å². The molecule has 0 saturated carbocycles. The first-order valence-electron chi connectivity index (χ1n) is 8.96. The minimum Gasteiger partial charge on any atom is -0.497 e. The Kier molecular flexibility index (Phi) is 6.44. The van der Waals surface area contributed by atoms with Crippen LogP contribution in [0.5, 0.6) is 5.75 Å². The number of methoxy groups -OCH3 is 1. The number of benzene rings is 1. The standard InChI is InChI=1S/C20H25N3O3/c1-25-18-5-2-15(3-6-18)8-11-21-17-4-7-19(22-14-17)23-20(24)16-9-12-26-13-10-16/h2-7,14,16,21H,8-13H2,1H3,(H,22,23,24). The maximum atomic E-state index is 12.2. The van der Waals surface area contributed by atoms with E-state index >= 15 is 0 Å². The van der Waals surface area contributed by atoms with Crippen molar-refractivity contribution in [3.8, 4) is 5.75 Å². The van der Waals surface area contributed by atoms with Crippen LogP contribution in [0.4, 0.5) is 11.5 Å². The van der Waals surface area contributed by atoms with Gasteiger partial charge in [0, 0.05) is 25.7 Å². The summed E-state index contributed by atoms with van der Waals surface area (Å²) in [4.78, 5) is 16.5. The molecule has 0 atom stereocenters. The number of pyridine rings is 1. The fourth-order valence-corrected chi connectivity index (χ4v) is 2.90. The molecule has 138 valence electrons. The summed E-state index contributed by atoms with van der Waals surface area (Å²) in [6.45, 7) is 2.12. The second kappa shape index (κ2) is 9.20. The first-order valence-corrected chi connectivity index (χ1v) is 8.96. The molecule has 1 aromatic heterocycles. The zero-order chi connectivity index (χ0) is 18.2. The van der Waals surface area contributed by atoms with Crippen LogP contribution in [-0.2, 0) is 16.0 Å². The molecule has 1 amide bonds. The van der Waals surface area contributed by atoms with Gasteiger partial charge in [0.15, 0.2) is 0 Å². The van der Waals surface area contributed by atoms with Crippen LogP contribution in [0.3, 0.4) is 0 Å². The van der Waals surface area contributed by atoms with Crippen molar-refractivity contribution in [2.24, 2.45) is 5.92 Å². The van der Waals surface area contributed by atoms with Gasteiger partial charge >= 0.3 is 0 Å². The summed E-state index contributed by atoms with van der Waals surface area (Å²) in [5.74, 6) is 1.50. The fraction of sp³-hybridized carbons (Fsp3) is 0.400. The molecule has 26 heavy (non-hydrogen) atoms. The second-order valence-corrected chi connectivity index (χ2v) is 6.33. The molecular weight excluding hydrogens is 330 g/mol. The van der Waals surface area contributed by atoms with Gasteiger partial charge in [-0.05, 0) is 49.1 Å². The van der Waals surface area contributed by atoms with Crippen LogP contribution >= 0.6 is 0 Å². The highest BCUT2D eigenvalue weighted by molar-refractivity contribution is 5.91. The topological polar surface area (TPSA) is 72.5 Å². The lowest BCUT2D eigenvalue weighted by molar-refractivity contribution is -0.122. The predicted octanol–water partition coefficient (Wildman–Crippen LogP) is 3.11. The minimum absolute atomic E-state index is 0.0212. The number of hydrogen-bond acceptors (Lipinski definition) is 5. The molecule has 0 radical (unpaired) electrons. The summed E-state index contributed by atoms with van der Waals surface area (Å²) in [7, 11) is 1.67. The highest BCUT2D eigenvalue weighted by Crippen LogP contribution is 2.18. The van der Waals surface area contributed by atoms with E-state index in [0.29, 0.717) is 19.0 Å². The molecule has 2 aromatic rings. The molecule has 6 heteroatoms. The van der Waals surface area contributed by atoms with Gasteiger partial charge in [0.2, 0.25) is 5.91 Å². The van der Waals surface area contributed by atoms with Crippen molar-refractivity contribution in [2.45, 2.75) is 19.3 Å². The van der Waals surface area contributed by atoms with Crippen LogP contribution in [0.15, 0.2) is 42.6 Å². The summed E-state index contributed by atoms with van der Waals surface area (Å²) in [6.07, 6.45) is 4.20. The average molecular weight is 355 g/mol. The SMILES string of the molecule is COc1ccc(CCNc2ccc(NC(=O)C3CCOCC3)nc2)cc1. The van der Waals surface area contributed by atoms with Crippen LogP contribution in [0.25, 0.3) is 0 Å². The van der Waals surface area contributed by atoms with E-state index in [1.54, 1.807) is 13.3 Å². The normalized spacial score (nSPS) is 14.7. The number of hydrogen-bond donors (Lipinski definition) is 2. The smallest absolute Gasteiger partial charge is 0.228 e. The van der Waals surface area contributed by atoms with Gasteiger partial charge in [-0.15, -0.1) is 0 Å². The predicted molar refractivity (Wildman–Crippen MR) is 102 cm³/mol. The van der Waals surface area contributed by atoms with Gasteiger partial charge in [0.1, 0.15) is 11.6 Å². The molecule has 1 fully saturated rings. The molecule has 2 N–H and O–H groups in total. The number of amides is 1. The number of ether oxygens (including phenoxy) is 2. The lowest BCUT2D eigenvalue weighted by Gasteiger charge is -2.20. The Balaban J connectivity index is 1.44. The third-order valence-corrected chi connectivity index (χ3v) is 4.51. The van der Waals surface area contributed by atoms with Crippen molar-refractivity contribution >= 4 is 17.4 Å². The van der Waals surface area contributed by atoms with E-state index < -0.39 is 0 Å². The van der Waals surface area contributed by atoms with Crippen molar-refractivity contribution in [1.29, 1.82) is 0 Å². The summed E-state index contributed by atoms with van der Waals surface area (Å²) in [6, 6.07) is 11.8. The van der Waals surface area contributed by atoms with Gasteiger partial charge in [-0.25, -0.2) is 4.98 Å². The third kappa shape index (κ3) is 5.20. The van der Waals surface area contributed by atoms with Crippen molar-refractivity contribution in [1.82, 2.24) is 4.98 Å². The Hall–Kier alpha value is -2.60. The van der Waals surface area contributed by atoms with Crippen LogP contribution in [-0.4, -0.2) is 37.8 Å². The molecule has 2 heterocycles. The van der Waals surface area contributed by atoms with E-state index in [4.69, 9.17) is 9.47 Å². The minimum atomic E-state index is 0.0212. The molecule has 1 aromatic carbocycles. The van der Waals surface area contributed by atoms with E-state index in [1.807, 2.05) is 24.3 Å². The fourth-order valence-electron chi connectivity index (χ4n) is 2.90. The van der Waals surface area contributed by atoms with Gasteiger partial charge in [-0.1, -0.05) is 12.1 Å². The summed E-state index contributed by atoms with van der Waals surface area (Å²) in [5.41, 5.74) is 2.18. The summed E-state index contributed by atoms with van der Waals surface area (Å²) < 4.78 is 10.4. The maximum absolute atomic E-state index is 12.2. The Morgan fingerprint density at radius 1 is 1.19 bits per heavy atom. The molecule has 3 rings (SSSR count). The number of rotatable bonds is 7. The van der Waals surface area contributed by atoms with Crippen LogP contribution < -0.4 is 15.4 Å². The number of anilines is 2. The second-order valence-electron chi connectivity index (χ2n) is 6.33. The maximum Gasteiger partial charge on any atom is 0.228 e. The summed E-state index contributed by atoms with van der Waals surface area (Å²) in [5, 5.41) is 6.23. The molecule has 6 nitrogen and oxygen atoms in total. The molecule has 0 unspecified atom stereocenters. The number of carbonyl (C=O) groups excluding carboxylic acids is 1. The molecule has 0 bridgehead atoms. The number of nitrogens with zero attached hydrogens (tertiary/aromatic N) is 1. The van der Waals surface area contributed by atoms with E-state index in [9.17, 15) is 4.79 Å². The van der Waals surface area contributed by atoms with E-state index in [1.165, 1.54) is 5.56 Å². The Morgan fingerprint density at radius 3 is 2.62 bits per heavy atom. The molecule has 0 aliphatic carbocycles. The van der Waals surface area contributed by atoms with E-state index in [0.717, 1.165) is 37.2 Å². The van der Waals surface area contributed by atoms with Gasteiger partial charge < -0.3 is 20.1 Å². The molecule has 1 aliphatic heterocycles. The number of nitrogens with one attached hydrogen (secondary N) is 2. The Morgan fingerprint density at radius 2 is 1.96 bits per heavy atom. The largest absolute Gasteiger partial charge is 0.497 e. The molecule has 1 aliphatic rings. The summed E-state index contributed by atoms with van der Waals surface area (Å²) >= 11 is 0. The lowest BCUT2D eigenvalue weighted by atomic mass is 9.99. The zero-order valence-corrected chi connectivity index (χ0v) is 15.0. The monoisotopic (exact) mass is 355 g/mol. The van der Waals surface area contributed by atoms with E-state index in [2.05, 4.69) is 27.8 Å². The van der Waals surface area contributed by atoms with Gasteiger partial charge in [-0.2, -0.15) is 0 Å². The third-order valence-electron chi connectivity index (χ3n) is 4.51. The first-order chi connectivity index (χ1) is 12.7. The van der Waals surface area contributed by atoms with Crippen molar-refractivity contribution in [3.63, 3.8) is 0 Å². The average Bonchev–Trinajstić information content (AvgIpc) is 2.70. The number of aromatic nitrogens is 1. The lowest BCUT2D eigenvalue weighted by Crippen LogP contribution is -2.28. The Bertz CT molecular complexity index is 695. The van der Waals surface area contributed by atoms with Crippen molar-refractivity contribution < 1.29 is 14.3 Å². The van der Waals surface area contributed by atoms with Gasteiger partial charge in [0.05, 0.1) is 19.0 Å². The van der Waals surface area contributed by atoms with Gasteiger partial charge in [-0.3, -0.25) is 4.79 Å². The molecule has 0 spiro atoms. The first kappa shape index (κ1) is 18.2. The van der Waals surface area contributed by atoms with Crippen molar-refractivity contribution in [2.75, 3.05) is 37.5 Å². The quantitative estimate of drug-likeness (QED) is 0.798. The van der Waals surface area contributed by atoms with Crippen LogP contribution in [0, 0.1) is 5.92 Å². The highest BCUT2D eigenvalue weighted by atomic mass is 16.5. The Labute approximate surface area is 153 Å². The number of carbonyl (C=O) groups is 1. The highest BCUT2D eigenvalue weighted by Gasteiger charge is 2.21.